The van der Waals surface area contributed by atoms with Crippen molar-refractivity contribution in [3.63, 3.8) is 0 Å². The third-order valence-corrected chi connectivity index (χ3v) is 3.75. The van der Waals surface area contributed by atoms with Gasteiger partial charge in [-0.2, -0.15) is 5.26 Å². The second-order valence-electron chi connectivity index (χ2n) is 3.22. The maximum atomic E-state index is 11.4. The molecule has 0 saturated heterocycles. The second kappa shape index (κ2) is 5.80. The molecule has 0 aromatic heterocycles. The molecule has 1 amide bonds. The van der Waals surface area contributed by atoms with Crippen LogP contribution < -0.4 is 5.32 Å². The van der Waals surface area contributed by atoms with E-state index >= 15 is 0 Å². The molecule has 1 aromatic rings. The van der Waals surface area contributed by atoms with Gasteiger partial charge >= 0.3 is 0 Å². The van der Waals surface area contributed by atoms with E-state index < -0.39 is 27.3 Å². The SMILES string of the molecule is N#CCS(=O)(=O)CC(=O)Nc1ccccc1Br. The summed E-state index contributed by atoms with van der Waals surface area (Å²) in [6.07, 6.45) is 0. The Kier molecular flexibility index (Phi) is 4.66. The topological polar surface area (TPSA) is 87.0 Å². The monoisotopic (exact) mass is 316 g/mol. The highest BCUT2D eigenvalue weighted by molar-refractivity contribution is 9.10. The fourth-order valence-corrected chi connectivity index (χ4v) is 2.25. The number of amides is 1. The number of carbonyl (C=O) groups excluding carboxylic acids is 1. The first-order valence-corrected chi connectivity index (χ1v) is 7.18. The summed E-state index contributed by atoms with van der Waals surface area (Å²) in [5.74, 6) is -2.01. The minimum Gasteiger partial charge on any atom is -0.324 e. The van der Waals surface area contributed by atoms with Crippen LogP contribution in [0.1, 0.15) is 0 Å². The molecule has 0 heterocycles. The van der Waals surface area contributed by atoms with Gasteiger partial charge in [0.1, 0.15) is 11.5 Å². The summed E-state index contributed by atoms with van der Waals surface area (Å²) in [7, 11) is -3.65. The smallest absolute Gasteiger partial charge is 0.239 e. The van der Waals surface area contributed by atoms with Crippen LogP contribution in [0.15, 0.2) is 28.7 Å². The molecule has 1 N–H and O–H groups in total. The van der Waals surface area contributed by atoms with Gasteiger partial charge in [-0.05, 0) is 28.1 Å². The van der Waals surface area contributed by atoms with Gasteiger partial charge < -0.3 is 5.32 Å². The Bertz CT molecular complexity index is 563. The molecule has 0 aliphatic carbocycles. The maximum Gasteiger partial charge on any atom is 0.239 e. The van der Waals surface area contributed by atoms with Crippen molar-refractivity contribution in [1.29, 1.82) is 5.26 Å². The third kappa shape index (κ3) is 4.54. The molecule has 0 bridgehead atoms. The average molecular weight is 317 g/mol. The van der Waals surface area contributed by atoms with Crippen LogP contribution in [0.5, 0.6) is 0 Å². The van der Waals surface area contributed by atoms with Gasteiger partial charge in [0.25, 0.3) is 0 Å². The molecule has 0 aliphatic heterocycles. The molecular weight excluding hydrogens is 308 g/mol. The van der Waals surface area contributed by atoms with Gasteiger partial charge in [0.15, 0.2) is 9.84 Å². The number of nitrogens with zero attached hydrogens (tertiary/aromatic N) is 1. The summed E-state index contributed by atoms with van der Waals surface area (Å²) >= 11 is 3.22. The van der Waals surface area contributed by atoms with Crippen LogP contribution in [-0.4, -0.2) is 25.8 Å². The van der Waals surface area contributed by atoms with Gasteiger partial charge in [-0.25, -0.2) is 8.42 Å². The van der Waals surface area contributed by atoms with E-state index in [2.05, 4.69) is 21.2 Å². The van der Waals surface area contributed by atoms with Gasteiger partial charge in [-0.15, -0.1) is 0 Å². The van der Waals surface area contributed by atoms with Gasteiger partial charge in [0.2, 0.25) is 5.91 Å². The molecule has 0 spiro atoms. The Morgan fingerprint density at radius 3 is 2.65 bits per heavy atom. The first kappa shape index (κ1) is 13.7. The molecule has 5 nitrogen and oxygen atoms in total. The Morgan fingerprint density at radius 1 is 1.41 bits per heavy atom. The van der Waals surface area contributed by atoms with Crippen molar-refractivity contribution in [3.05, 3.63) is 28.7 Å². The first-order valence-electron chi connectivity index (χ1n) is 4.56. The third-order valence-electron chi connectivity index (χ3n) is 1.78. The molecule has 0 saturated carbocycles. The Hall–Kier alpha value is -1.39. The minimum absolute atomic E-state index is 0.490. The molecule has 17 heavy (non-hydrogen) atoms. The number of nitriles is 1. The molecule has 0 atom stereocenters. The van der Waals surface area contributed by atoms with E-state index in [-0.39, 0.29) is 0 Å². The highest BCUT2D eigenvalue weighted by atomic mass is 79.9. The number of carbonyl (C=O) groups is 1. The van der Waals surface area contributed by atoms with Gasteiger partial charge in [0.05, 0.1) is 11.8 Å². The van der Waals surface area contributed by atoms with Crippen molar-refractivity contribution >= 4 is 37.4 Å². The molecule has 90 valence electrons. The van der Waals surface area contributed by atoms with Crippen LogP contribution in [0.25, 0.3) is 0 Å². The number of hydrogen-bond acceptors (Lipinski definition) is 4. The average Bonchev–Trinajstić information content (AvgIpc) is 2.20. The zero-order chi connectivity index (χ0) is 12.9. The molecule has 0 aliphatic rings. The molecule has 7 heteroatoms. The fraction of sp³-hybridized carbons (Fsp3) is 0.200. The van der Waals surface area contributed by atoms with Crippen LogP contribution in [-0.2, 0) is 14.6 Å². The highest BCUT2D eigenvalue weighted by Gasteiger charge is 2.16. The molecule has 0 fully saturated rings. The number of anilines is 1. The van der Waals surface area contributed by atoms with E-state index in [1.54, 1.807) is 24.3 Å². The second-order valence-corrected chi connectivity index (χ2v) is 6.14. The number of para-hydroxylation sites is 1. The lowest BCUT2D eigenvalue weighted by Gasteiger charge is -2.06. The van der Waals surface area contributed by atoms with Gasteiger partial charge in [-0.1, -0.05) is 12.1 Å². The predicted molar refractivity (Wildman–Crippen MR) is 67.0 cm³/mol. The van der Waals surface area contributed by atoms with Crippen LogP contribution >= 0.6 is 15.9 Å². The number of rotatable bonds is 4. The predicted octanol–water partition coefficient (Wildman–Crippen LogP) is 1.33. The summed E-state index contributed by atoms with van der Waals surface area (Å²) < 4.78 is 23.1. The van der Waals surface area contributed by atoms with E-state index in [0.29, 0.717) is 10.2 Å². The van der Waals surface area contributed by atoms with Gasteiger partial charge in [0, 0.05) is 4.47 Å². The summed E-state index contributed by atoms with van der Waals surface area (Å²) in [5, 5.41) is 10.7. The van der Waals surface area contributed by atoms with Crippen molar-refractivity contribution in [2.45, 2.75) is 0 Å². The van der Waals surface area contributed by atoms with Crippen molar-refractivity contribution in [2.75, 3.05) is 16.8 Å². The molecular formula is C10H9BrN2O3S. The van der Waals surface area contributed by atoms with E-state index in [1.165, 1.54) is 6.07 Å². The first-order chi connectivity index (χ1) is 7.94. The lowest BCUT2D eigenvalue weighted by atomic mass is 10.3. The number of hydrogen-bond donors (Lipinski definition) is 1. The number of benzene rings is 1. The Morgan fingerprint density at radius 2 is 2.06 bits per heavy atom. The van der Waals surface area contributed by atoms with Crippen LogP contribution in [0, 0.1) is 11.3 Å². The molecule has 1 aromatic carbocycles. The normalized spacial score (nSPS) is 10.6. The quantitative estimate of drug-likeness (QED) is 0.907. The highest BCUT2D eigenvalue weighted by Crippen LogP contribution is 2.20. The van der Waals surface area contributed by atoms with E-state index in [1.807, 2.05) is 0 Å². The standard InChI is InChI=1S/C10H9BrN2O3S/c11-8-3-1-2-4-9(8)13-10(14)7-17(15,16)6-5-12/h1-4H,6-7H2,(H,13,14). The zero-order valence-electron chi connectivity index (χ0n) is 8.68. The lowest BCUT2D eigenvalue weighted by Crippen LogP contribution is -2.24. The number of nitrogens with one attached hydrogen (secondary N) is 1. The zero-order valence-corrected chi connectivity index (χ0v) is 11.1. The summed E-state index contributed by atoms with van der Waals surface area (Å²) in [6.45, 7) is 0. The summed E-state index contributed by atoms with van der Waals surface area (Å²) in [4.78, 5) is 11.4. The van der Waals surface area contributed by atoms with Crippen LogP contribution in [0.3, 0.4) is 0 Å². The van der Waals surface area contributed by atoms with E-state index in [9.17, 15) is 13.2 Å². The minimum atomic E-state index is -3.65. The van der Waals surface area contributed by atoms with Crippen molar-refractivity contribution in [1.82, 2.24) is 0 Å². The van der Waals surface area contributed by atoms with Gasteiger partial charge in [-0.3, -0.25) is 4.79 Å². The van der Waals surface area contributed by atoms with Crippen molar-refractivity contribution in [2.24, 2.45) is 0 Å². The molecule has 1 rings (SSSR count). The molecule has 0 radical (unpaired) electrons. The lowest BCUT2D eigenvalue weighted by molar-refractivity contribution is -0.113. The maximum absolute atomic E-state index is 11.4. The Labute approximate surface area is 107 Å². The summed E-state index contributed by atoms with van der Waals surface area (Å²) in [5.41, 5.74) is 0.490. The largest absolute Gasteiger partial charge is 0.324 e. The fourth-order valence-electron chi connectivity index (χ4n) is 1.10. The number of sulfone groups is 1. The number of halogens is 1. The Balaban J connectivity index is 2.70. The van der Waals surface area contributed by atoms with Crippen LogP contribution in [0.2, 0.25) is 0 Å². The van der Waals surface area contributed by atoms with E-state index in [0.717, 1.165) is 0 Å². The summed E-state index contributed by atoms with van der Waals surface area (Å²) in [6, 6.07) is 8.35. The van der Waals surface area contributed by atoms with E-state index in [4.69, 9.17) is 5.26 Å². The molecule has 0 unspecified atom stereocenters. The van der Waals surface area contributed by atoms with Crippen molar-refractivity contribution in [3.8, 4) is 6.07 Å². The van der Waals surface area contributed by atoms with Crippen molar-refractivity contribution < 1.29 is 13.2 Å². The van der Waals surface area contributed by atoms with Crippen LogP contribution in [0.4, 0.5) is 5.69 Å².